The summed E-state index contributed by atoms with van der Waals surface area (Å²) in [6, 6.07) is 22.6. The van der Waals surface area contributed by atoms with Gasteiger partial charge in [0.1, 0.15) is 5.75 Å². The summed E-state index contributed by atoms with van der Waals surface area (Å²) in [4.78, 5) is 0. The van der Waals surface area contributed by atoms with E-state index in [4.69, 9.17) is 4.74 Å². The third-order valence-corrected chi connectivity index (χ3v) is 11.6. The number of sulfone groups is 2. The van der Waals surface area contributed by atoms with Crippen LogP contribution >= 0.6 is 0 Å². The lowest BCUT2D eigenvalue weighted by Gasteiger charge is -2.24. The molecular formula is C29H20F6O5S2. The maximum Gasteiger partial charge on any atom is 0.498 e. The Hall–Kier alpha value is -3.84. The van der Waals surface area contributed by atoms with Crippen molar-refractivity contribution in [2.75, 3.05) is 7.11 Å². The number of benzene rings is 5. The molecule has 0 bridgehead atoms. The number of methoxy groups -OCH3 is 1. The van der Waals surface area contributed by atoms with Gasteiger partial charge in [-0.1, -0.05) is 72.8 Å². The van der Waals surface area contributed by atoms with E-state index >= 15 is 0 Å². The van der Waals surface area contributed by atoms with E-state index in [1.165, 1.54) is 43.5 Å². The monoisotopic (exact) mass is 626 g/mol. The van der Waals surface area contributed by atoms with Crippen LogP contribution in [0.15, 0.2) is 84.9 Å². The van der Waals surface area contributed by atoms with E-state index in [1.807, 2.05) is 6.07 Å². The van der Waals surface area contributed by atoms with Crippen LogP contribution in [-0.2, 0) is 26.1 Å². The molecule has 5 nitrogen and oxygen atoms in total. The van der Waals surface area contributed by atoms with E-state index in [-0.39, 0.29) is 16.5 Å². The number of ether oxygens (including phenoxy) is 1. The first-order valence-corrected chi connectivity index (χ1v) is 15.3. The van der Waals surface area contributed by atoms with Crippen molar-refractivity contribution < 1.29 is 47.9 Å². The second-order valence-electron chi connectivity index (χ2n) is 9.45. The third-order valence-electron chi connectivity index (χ3n) is 7.11. The highest BCUT2D eigenvalue weighted by molar-refractivity contribution is 8.09. The van der Waals surface area contributed by atoms with Gasteiger partial charge in [0, 0.05) is 6.42 Å². The summed E-state index contributed by atoms with van der Waals surface area (Å²) in [7, 11) is -12.3. The van der Waals surface area contributed by atoms with E-state index < -0.39 is 41.7 Å². The Morgan fingerprint density at radius 3 is 1.71 bits per heavy atom. The zero-order valence-electron chi connectivity index (χ0n) is 21.5. The fraction of sp³-hybridized carbons (Fsp3) is 0.172. The lowest BCUT2D eigenvalue weighted by Crippen LogP contribution is -2.46. The summed E-state index contributed by atoms with van der Waals surface area (Å²) < 4.78 is 134. The van der Waals surface area contributed by atoms with E-state index in [9.17, 15) is 43.2 Å². The van der Waals surface area contributed by atoms with Gasteiger partial charge in [-0.05, 0) is 61.1 Å². The highest BCUT2D eigenvalue weighted by Gasteiger charge is 2.62. The molecule has 5 aromatic carbocycles. The van der Waals surface area contributed by atoms with Gasteiger partial charge >= 0.3 is 11.0 Å². The molecule has 0 amide bonds. The first-order chi connectivity index (χ1) is 19.6. The summed E-state index contributed by atoms with van der Waals surface area (Å²) >= 11 is 0. The van der Waals surface area contributed by atoms with E-state index in [2.05, 4.69) is 0 Å². The first kappa shape index (κ1) is 29.6. The summed E-state index contributed by atoms with van der Waals surface area (Å²) in [5.74, 6) is 0.396. The molecule has 0 aromatic heterocycles. The molecule has 13 heteroatoms. The minimum Gasteiger partial charge on any atom is -0.497 e. The predicted molar refractivity (Wildman–Crippen MR) is 148 cm³/mol. The SMILES string of the molecule is COc1ccc(-c2c(CC(S(=O)(=O)C(F)(F)F)S(=O)(=O)C(F)(F)F)c3ccccc3c3c2ccc2ccccc23)cc1. The molecule has 0 unspecified atom stereocenters. The third kappa shape index (κ3) is 4.74. The van der Waals surface area contributed by atoms with Crippen LogP contribution in [0.4, 0.5) is 26.3 Å². The fourth-order valence-corrected chi connectivity index (χ4v) is 8.54. The van der Waals surface area contributed by atoms with Crippen molar-refractivity contribution in [2.45, 2.75) is 22.0 Å². The van der Waals surface area contributed by atoms with E-state index in [0.29, 0.717) is 27.5 Å². The Balaban J connectivity index is 1.97. The topological polar surface area (TPSA) is 77.5 Å². The maximum absolute atomic E-state index is 13.7. The molecule has 0 fully saturated rings. The normalized spacial score (nSPS) is 13.3. The van der Waals surface area contributed by atoms with Crippen molar-refractivity contribution in [3.8, 4) is 16.9 Å². The summed E-state index contributed by atoms with van der Waals surface area (Å²) in [5.41, 5.74) is -12.5. The highest BCUT2D eigenvalue weighted by Crippen LogP contribution is 2.45. The zero-order chi connectivity index (χ0) is 30.7. The average Bonchev–Trinajstić information content (AvgIpc) is 2.94. The smallest absolute Gasteiger partial charge is 0.497 e. The minimum absolute atomic E-state index is 0.0943. The second-order valence-corrected chi connectivity index (χ2v) is 14.0. The Morgan fingerprint density at radius 1 is 0.643 bits per heavy atom. The predicted octanol–water partition coefficient (Wildman–Crippen LogP) is 7.56. The van der Waals surface area contributed by atoms with Crippen LogP contribution in [0.25, 0.3) is 43.4 Å². The molecule has 220 valence electrons. The Bertz CT molecular complexity index is 2010. The molecule has 0 spiro atoms. The number of halogens is 6. The van der Waals surface area contributed by atoms with Gasteiger partial charge in [0.05, 0.1) is 7.11 Å². The molecule has 0 aliphatic carbocycles. The van der Waals surface area contributed by atoms with Gasteiger partial charge in [-0.3, -0.25) is 0 Å². The van der Waals surface area contributed by atoms with Crippen molar-refractivity contribution in [3.63, 3.8) is 0 Å². The molecule has 5 rings (SSSR count). The van der Waals surface area contributed by atoms with Crippen LogP contribution in [0.2, 0.25) is 0 Å². The first-order valence-electron chi connectivity index (χ1n) is 12.2. The van der Waals surface area contributed by atoms with Gasteiger partial charge in [-0.15, -0.1) is 0 Å². The quantitative estimate of drug-likeness (QED) is 0.144. The van der Waals surface area contributed by atoms with Gasteiger partial charge in [-0.25, -0.2) is 16.8 Å². The molecule has 0 radical (unpaired) electrons. The molecule has 0 saturated heterocycles. The van der Waals surface area contributed by atoms with Crippen molar-refractivity contribution in [1.82, 2.24) is 0 Å². The average molecular weight is 627 g/mol. The second kappa shape index (κ2) is 10.2. The van der Waals surface area contributed by atoms with Crippen molar-refractivity contribution in [2.24, 2.45) is 0 Å². The van der Waals surface area contributed by atoms with Gasteiger partial charge in [-0.2, -0.15) is 26.3 Å². The van der Waals surface area contributed by atoms with Gasteiger partial charge < -0.3 is 4.74 Å². The van der Waals surface area contributed by atoms with Crippen LogP contribution in [0.1, 0.15) is 5.56 Å². The number of alkyl halides is 6. The summed E-state index contributed by atoms with van der Waals surface area (Å²) in [6.07, 6.45) is -1.62. The summed E-state index contributed by atoms with van der Waals surface area (Å²) in [6.45, 7) is 0. The van der Waals surface area contributed by atoms with Crippen LogP contribution < -0.4 is 4.74 Å². The lowest BCUT2D eigenvalue weighted by molar-refractivity contribution is -0.0471. The van der Waals surface area contributed by atoms with Crippen LogP contribution in [0, 0.1) is 0 Å². The van der Waals surface area contributed by atoms with Crippen LogP contribution in [0.3, 0.4) is 0 Å². The molecule has 0 aliphatic heterocycles. The summed E-state index contributed by atoms with van der Waals surface area (Å²) in [5, 5.41) is 2.99. The van der Waals surface area contributed by atoms with Gasteiger partial charge in [0.25, 0.3) is 19.7 Å². The van der Waals surface area contributed by atoms with Gasteiger partial charge in [0.15, 0.2) is 4.58 Å². The van der Waals surface area contributed by atoms with Crippen molar-refractivity contribution in [1.29, 1.82) is 0 Å². The molecule has 0 N–H and O–H groups in total. The number of hydrogen-bond donors (Lipinski definition) is 0. The van der Waals surface area contributed by atoms with E-state index in [1.54, 1.807) is 42.5 Å². The molecule has 0 aliphatic rings. The molecule has 5 aromatic rings. The largest absolute Gasteiger partial charge is 0.498 e. The number of rotatable bonds is 6. The Labute approximate surface area is 236 Å². The number of hydrogen-bond acceptors (Lipinski definition) is 5. The van der Waals surface area contributed by atoms with Crippen LogP contribution in [0.5, 0.6) is 5.75 Å². The fourth-order valence-electron chi connectivity index (χ4n) is 5.18. The number of fused-ring (bicyclic) bond motifs is 5. The van der Waals surface area contributed by atoms with E-state index in [0.717, 1.165) is 10.8 Å². The molecule has 42 heavy (non-hydrogen) atoms. The maximum atomic E-state index is 13.7. The minimum atomic E-state index is -6.87. The van der Waals surface area contributed by atoms with Crippen LogP contribution in [-0.4, -0.2) is 39.5 Å². The molecule has 0 heterocycles. The lowest BCUT2D eigenvalue weighted by atomic mass is 9.85. The Kier molecular flexibility index (Phi) is 7.17. The molecular weight excluding hydrogens is 606 g/mol. The standard InChI is InChI=1S/C29H20F6O5S2/c1-40-19-13-10-18(11-14-19)26-23-15-12-17-6-2-3-7-20(17)27(23)22-9-5-4-8-21(22)24(26)16-25(41(36,37)28(30,31)32)42(38,39)29(33,34)35/h2-15,25H,16H2,1H3. The van der Waals surface area contributed by atoms with Crippen molar-refractivity contribution >= 4 is 52.0 Å². The zero-order valence-corrected chi connectivity index (χ0v) is 23.1. The van der Waals surface area contributed by atoms with Gasteiger partial charge in [0.2, 0.25) is 0 Å². The molecule has 0 saturated carbocycles. The molecule has 0 atom stereocenters. The van der Waals surface area contributed by atoms with Crippen molar-refractivity contribution in [3.05, 3.63) is 90.5 Å². The Morgan fingerprint density at radius 2 is 1.17 bits per heavy atom. The highest BCUT2D eigenvalue weighted by atomic mass is 32.3.